The molecule has 1 aliphatic carbocycles. The van der Waals surface area contributed by atoms with Crippen LogP contribution in [0.3, 0.4) is 0 Å². The Kier molecular flexibility index (Phi) is 5.56. The first-order chi connectivity index (χ1) is 10.2. The van der Waals surface area contributed by atoms with Crippen molar-refractivity contribution in [3.05, 3.63) is 22.9 Å². The van der Waals surface area contributed by atoms with E-state index in [0.29, 0.717) is 11.4 Å². The van der Waals surface area contributed by atoms with Gasteiger partial charge in [-0.1, -0.05) is 13.8 Å². The summed E-state index contributed by atoms with van der Waals surface area (Å²) in [6, 6.07) is 1.80. The Balaban J connectivity index is 1.97. The zero-order valence-corrected chi connectivity index (χ0v) is 13.0. The third-order valence-corrected chi connectivity index (χ3v) is 4.12. The number of nitrogens with zero attached hydrogens (tertiary/aromatic N) is 2. The number of hydrogen-bond acceptors (Lipinski definition) is 4. The largest absolute Gasteiger partial charge is 0.478 e. The van der Waals surface area contributed by atoms with Gasteiger partial charge >= 0.3 is 5.97 Å². The second-order valence-corrected chi connectivity index (χ2v) is 5.46. The molecule has 1 heterocycles. The third kappa shape index (κ3) is 3.94. The van der Waals surface area contributed by atoms with Crippen molar-refractivity contribution in [2.75, 3.05) is 31.5 Å². The van der Waals surface area contributed by atoms with Gasteiger partial charge in [-0.15, -0.1) is 0 Å². The van der Waals surface area contributed by atoms with Crippen LogP contribution in [0.15, 0.2) is 6.07 Å². The minimum Gasteiger partial charge on any atom is -0.478 e. The fourth-order valence-electron chi connectivity index (χ4n) is 2.82. The zero-order chi connectivity index (χ0) is 15.2. The van der Waals surface area contributed by atoms with Crippen LogP contribution in [-0.4, -0.2) is 47.1 Å². The smallest absolute Gasteiger partial charge is 0.339 e. The molecular weight excluding hydrogens is 266 g/mol. The van der Waals surface area contributed by atoms with Crippen molar-refractivity contribution in [3.63, 3.8) is 0 Å². The van der Waals surface area contributed by atoms with Crippen molar-refractivity contribution in [1.82, 2.24) is 9.88 Å². The maximum atomic E-state index is 11.4. The SMILES string of the molecule is CCN(CC)CCCNc1nc2c(cc1C(=O)O)CCC2. The second kappa shape index (κ2) is 7.41. The van der Waals surface area contributed by atoms with Gasteiger partial charge in [0.05, 0.1) is 0 Å². The van der Waals surface area contributed by atoms with Crippen LogP contribution < -0.4 is 5.32 Å². The predicted molar refractivity (Wildman–Crippen MR) is 84.1 cm³/mol. The van der Waals surface area contributed by atoms with E-state index in [0.717, 1.165) is 63.1 Å². The number of carboxylic acid groups (broad SMARTS) is 1. The van der Waals surface area contributed by atoms with Gasteiger partial charge in [-0.3, -0.25) is 0 Å². The van der Waals surface area contributed by atoms with Crippen molar-refractivity contribution in [2.45, 2.75) is 39.5 Å². The Morgan fingerprint density at radius 1 is 1.38 bits per heavy atom. The Bertz CT molecular complexity index is 499. The monoisotopic (exact) mass is 291 g/mol. The summed E-state index contributed by atoms with van der Waals surface area (Å²) >= 11 is 0. The molecule has 2 N–H and O–H groups in total. The number of carbonyl (C=O) groups is 1. The lowest BCUT2D eigenvalue weighted by molar-refractivity contribution is 0.0697. The number of aromatic nitrogens is 1. The number of aromatic carboxylic acids is 1. The molecule has 0 amide bonds. The van der Waals surface area contributed by atoms with Crippen LogP contribution >= 0.6 is 0 Å². The first kappa shape index (κ1) is 15.8. The highest BCUT2D eigenvalue weighted by Gasteiger charge is 2.19. The lowest BCUT2D eigenvalue weighted by Crippen LogP contribution is -2.25. The standard InChI is InChI=1S/C16H25N3O2/c1-3-19(4-2)10-6-9-17-15-13(16(20)21)11-12-7-5-8-14(12)18-15/h11H,3-10H2,1-2H3,(H,17,18)(H,20,21). The topological polar surface area (TPSA) is 65.5 Å². The van der Waals surface area contributed by atoms with Crippen LogP contribution in [0, 0.1) is 0 Å². The Morgan fingerprint density at radius 3 is 2.81 bits per heavy atom. The summed E-state index contributed by atoms with van der Waals surface area (Å²) in [6.45, 7) is 8.18. The lowest BCUT2D eigenvalue weighted by Gasteiger charge is -2.18. The van der Waals surface area contributed by atoms with Gasteiger partial charge in [0.1, 0.15) is 11.4 Å². The van der Waals surface area contributed by atoms with Crippen LogP contribution in [0.2, 0.25) is 0 Å². The molecule has 1 aliphatic rings. The number of nitrogens with one attached hydrogen (secondary N) is 1. The molecule has 1 aromatic heterocycles. The molecule has 0 fully saturated rings. The van der Waals surface area contributed by atoms with Crippen molar-refractivity contribution < 1.29 is 9.90 Å². The lowest BCUT2D eigenvalue weighted by atomic mass is 10.1. The van der Waals surface area contributed by atoms with E-state index in [1.807, 2.05) is 0 Å². The summed E-state index contributed by atoms with van der Waals surface area (Å²) in [4.78, 5) is 18.2. The van der Waals surface area contributed by atoms with E-state index in [1.165, 1.54) is 0 Å². The molecule has 0 radical (unpaired) electrons. The van der Waals surface area contributed by atoms with Crippen molar-refractivity contribution in [1.29, 1.82) is 0 Å². The maximum absolute atomic E-state index is 11.4. The fourth-order valence-corrected chi connectivity index (χ4v) is 2.82. The molecular formula is C16H25N3O2. The van der Waals surface area contributed by atoms with E-state index in [2.05, 4.69) is 29.0 Å². The molecule has 0 saturated heterocycles. The van der Waals surface area contributed by atoms with Crippen molar-refractivity contribution in [2.24, 2.45) is 0 Å². The molecule has 0 aromatic carbocycles. The number of rotatable bonds is 8. The number of aryl methyl sites for hydroxylation is 2. The average Bonchev–Trinajstić information content (AvgIpc) is 2.93. The van der Waals surface area contributed by atoms with Crippen molar-refractivity contribution in [3.8, 4) is 0 Å². The molecule has 5 nitrogen and oxygen atoms in total. The summed E-state index contributed by atoms with van der Waals surface area (Å²) < 4.78 is 0. The van der Waals surface area contributed by atoms with Gasteiger partial charge in [0.15, 0.2) is 0 Å². The van der Waals surface area contributed by atoms with E-state index >= 15 is 0 Å². The highest BCUT2D eigenvalue weighted by Crippen LogP contribution is 2.25. The van der Waals surface area contributed by atoms with E-state index in [4.69, 9.17) is 0 Å². The molecule has 0 aliphatic heterocycles. The highest BCUT2D eigenvalue weighted by molar-refractivity contribution is 5.93. The Labute approximate surface area is 126 Å². The predicted octanol–water partition coefficient (Wildman–Crippen LogP) is 2.41. The van der Waals surface area contributed by atoms with E-state index in [9.17, 15) is 9.90 Å². The molecule has 0 unspecified atom stereocenters. The van der Waals surface area contributed by atoms with Crippen LogP contribution in [0.25, 0.3) is 0 Å². The van der Waals surface area contributed by atoms with Gasteiger partial charge < -0.3 is 15.3 Å². The Hall–Kier alpha value is -1.62. The molecule has 21 heavy (non-hydrogen) atoms. The number of fused-ring (bicyclic) bond motifs is 1. The summed E-state index contributed by atoms with van der Waals surface area (Å²) in [7, 11) is 0. The minimum atomic E-state index is -0.900. The maximum Gasteiger partial charge on any atom is 0.339 e. The molecule has 0 atom stereocenters. The Morgan fingerprint density at radius 2 is 2.14 bits per heavy atom. The van der Waals surface area contributed by atoms with Gasteiger partial charge in [-0.05, 0) is 56.9 Å². The second-order valence-electron chi connectivity index (χ2n) is 5.46. The summed E-state index contributed by atoms with van der Waals surface area (Å²) in [5, 5.41) is 12.5. The first-order valence-corrected chi connectivity index (χ1v) is 7.88. The van der Waals surface area contributed by atoms with Gasteiger partial charge in [-0.25, -0.2) is 9.78 Å². The summed E-state index contributed by atoms with van der Waals surface area (Å²) in [5.41, 5.74) is 2.46. The van der Waals surface area contributed by atoms with Crippen LogP contribution in [0.1, 0.15) is 48.3 Å². The number of anilines is 1. The van der Waals surface area contributed by atoms with Gasteiger partial charge in [0.2, 0.25) is 0 Å². The fraction of sp³-hybridized carbons (Fsp3) is 0.625. The molecule has 0 spiro atoms. The van der Waals surface area contributed by atoms with E-state index in [1.54, 1.807) is 6.07 Å². The average molecular weight is 291 g/mol. The molecule has 116 valence electrons. The molecule has 0 bridgehead atoms. The van der Waals surface area contributed by atoms with E-state index < -0.39 is 5.97 Å². The van der Waals surface area contributed by atoms with Gasteiger partial charge in [0.25, 0.3) is 0 Å². The number of hydrogen-bond donors (Lipinski definition) is 2. The molecule has 1 aromatic rings. The van der Waals surface area contributed by atoms with Crippen LogP contribution in [-0.2, 0) is 12.8 Å². The minimum absolute atomic E-state index is 0.304. The number of carboxylic acids is 1. The number of pyridine rings is 1. The van der Waals surface area contributed by atoms with Gasteiger partial charge in [-0.2, -0.15) is 0 Å². The molecule has 5 heteroatoms. The summed E-state index contributed by atoms with van der Waals surface area (Å²) in [6.07, 6.45) is 3.97. The van der Waals surface area contributed by atoms with Crippen molar-refractivity contribution >= 4 is 11.8 Å². The van der Waals surface area contributed by atoms with Crippen LogP contribution in [0.5, 0.6) is 0 Å². The molecule has 2 rings (SSSR count). The molecule has 0 saturated carbocycles. The third-order valence-electron chi connectivity index (χ3n) is 4.12. The summed E-state index contributed by atoms with van der Waals surface area (Å²) in [5.74, 6) is -0.369. The quantitative estimate of drug-likeness (QED) is 0.720. The zero-order valence-electron chi connectivity index (χ0n) is 13.0. The first-order valence-electron chi connectivity index (χ1n) is 7.88. The van der Waals surface area contributed by atoms with E-state index in [-0.39, 0.29) is 0 Å². The van der Waals surface area contributed by atoms with Crippen LogP contribution in [0.4, 0.5) is 5.82 Å². The normalized spacial score (nSPS) is 13.5. The van der Waals surface area contributed by atoms with Gasteiger partial charge in [0, 0.05) is 12.2 Å². The highest BCUT2D eigenvalue weighted by atomic mass is 16.4.